The van der Waals surface area contributed by atoms with Crippen LogP contribution in [0.15, 0.2) is 53.1 Å². The van der Waals surface area contributed by atoms with E-state index in [1.807, 2.05) is 19.1 Å². The van der Waals surface area contributed by atoms with E-state index in [-0.39, 0.29) is 5.89 Å². The average molecular weight is 396 g/mol. The minimum absolute atomic E-state index is 0.264. The lowest BCUT2D eigenvalue weighted by Gasteiger charge is -2.04. The van der Waals surface area contributed by atoms with Gasteiger partial charge in [-0.05, 0) is 55.5 Å². The molecular formula is C19H14ClN5O3. The van der Waals surface area contributed by atoms with Crippen molar-refractivity contribution < 1.29 is 14.1 Å². The van der Waals surface area contributed by atoms with Gasteiger partial charge in [0, 0.05) is 10.6 Å². The Bertz CT molecular complexity index is 1130. The van der Waals surface area contributed by atoms with E-state index >= 15 is 0 Å². The quantitative estimate of drug-likeness (QED) is 0.485. The van der Waals surface area contributed by atoms with Gasteiger partial charge in [-0.2, -0.15) is 4.98 Å². The molecule has 0 saturated carbocycles. The number of esters is 1. The second kappa shape index (κ2) is 7.24. The van der Waals surface area contributed by atoms with Crippen LogP contribution in [0.5, 0.6) is 0 Å². The molecule has 9 heteroatoms. The lowest BCUT2D eigenvalue weighted by Crippen LogP contribution is -2.03. The summed E-state index contributed by atoms with van der Waals surface area (Å²) in [5, 5.41) is 12.9. The molecule has 0 spiro atoms. The highest BCUT2D eigenvalue weighted by Gasteiger charge is 2.19. The summed E-state index contributed by atoms with van der Waals surface area (Å²) in [4.78, 5) is 16.0. The van der Waals surface area contributed by atoms with Crippen molar-refractivity contribution >= 4 is 17.6 Å². The normalized spacial score (nSPS) is 10.8. The number of benzene rings is 2. The van der Waals surface area contributed by atoms with Crippen LogP contribution in [-0.2, 0) is 4.74 Å². The molecule has 140 valence electrons. The van der Waals surface area contributed by atoms with E-state index in [1.165, 1.54) is 7.11 Å². The van der Waals surface area contributed by atoms with Gasteiger partial charge in [0.25, 0.3) is 5.89 Å². The van der Waals surface area contributed by atoms with Crippen LogP contribution in [0, 0.1) is 6.92 Å². The number of methoxy groups -OCH3 is 1. The van der Waals surface area contributed by atoms with E-state index in [0.717, 1.165) is 16.9 Å². The van der Waals surface area contributed by atoms with Gasteiger partial charge in [-0.25, -0.2) is 9.48 Å². The number of rotatable bonds is 4. The van der Waals surface area contributed by atoms with Crippen molar-refractivity contribution in [2.24, 2.45) is 0 Å². The maximum Gasteiger partial charge on any atom is 0.337 e. The van der Waals surface area contributed by atoms with E-state index in [0.29, 0.717) is 22.1 Å². The van der Waals surface area contributed by atoms with Crippen LogP contribution < -0.4 is 0 Å². The van der Waals surface area contributed by atoms with Gasteiger partial charge >= 0.3 is 5.97 Å². The van der Waals surface area contributed by atoms with Crippen molar-refractivity contribution in [1.29, 1.82) is 0 Å². The zero-order chi connectivity index (χ0) is 19.7. The van der Waals surface area contributed by atoms with Crippen molar-refractivity contribution in [2.75, 3.05) is 7.11 Å². The molecule has 0 fully saturated rings. The molecule has 0 aliphatic rings. The van der Waals surface area contributed by atoms with E-state index in [2.05, 4.69) is 20.5 Å². The number of hydrogen-bond donors (Lipinski definition) is 0. The fourth-order valence-electron chi connectivity index (χ4n) is 2.66. The first-order chi connectivity index (χ1) is 13.6. The Morgan fingerprint density at radius 2 is 1.82 bits per heavy atom. The minimum atomic E-state index is -0.400. The Balaban J connectivity index is 1.64. The van der Waals surface area contributed by atoms with Crippen LogP contribution >= 0.6 is 11.6 Å². The predicted molar refractivity (Wildman–Crippen MR) is 101 cm³/mol. The molecule has 0 bridgehead atoms. The van der Waals surface area contributed by atoms with Crippen LogP contribution in [0.1, 0.15) is 16.1 Å². The highest BCUT2D eigenvalue weighted by molar-refractivity contribution is 6.30. The molecule has 0 saturated heterocycles. The number of aromatic nitrogens is 5. The second-order valence-corrected chi connectivity index (χ2v) is 6.34. The van der Waals surface area contributed by atoms with Gasteiger partial charge < -0.3 is 9.26 Å². The standard InChI is InChI=1S/C19H14ClN5O3/c1-11-16(18-21-17(23-28-18)12-3-7-14(20)8-4-12)22-24-25(11)15-9-5-13(6-10-15)19(26)27-2/h3-10H,1-2H3. The third-order valence-corrected chi connectivity index (χ3v) is 4.41. The summed E-state index contributed by atoms with van der Waals surface area (Å²) in [5.74, 6) is 0.297. The van der Waals surface area contributed by atoms with Crippen LogP contribution in [0.25, 0.3) is 28.7 Å². The Kier molecular flexibility index (Phi) is 4.62. The Hall–Kier alpha value is -3.52. The van der Waals surface area contributed by atoms with Gasteiger partial charge in [0.1, 0.15) is 0 Å². The minimum Gasteiger partial charge on any atom is -0.465 e. The van der Waals surface area contributed by atoms with Crippen molar-refractivity contribution in [1.82, 2.24) is 25.1 Å². The highest BCUT2D eigenvalue weighted by Crippen LogP contribution is 2.25. The molecule has 4 aromatic rings. The maximum absolute atomic E-state index is 11.6. The predicted octanol–water partition coefficient (Wildman–Crippen LogP) is 3.73. The van der Waals surface area contributed by atoms with Crippen LogP contribution in [0.4, 0.5) is 0 Å². The lowest BCUT2D eigenvalue weighted by atomic mass is 10.2. The molecular weight excluding hydrogens is 382 g/mol. The van der Waals surface area contributed by atoms with Gasteiger partial charge in [0.15, 0.2) is 5.69 Å². The molecule has 0 atom stereocenters. The summed E-state index contributed by atoms with van der Waals surface area (Å²) in [6.45, 7) is 1.84. The maximum atomic E-state index is 11.6. The number of hydrogen-bond acceptors (Lipinski definition) is 7. The summed E-state index contributed by atoms with van der Waals surface area (Å²) in [7, 11) is 1.34. The number of nitrogens with zero attached hydrogens (tertiary/aromatic N) is 5. The Morgan fingerprint density at radius 3 is 2.50 bits per heavy atom. The Morgan fingerprint density at radius 1 is 1.11 bits per heavy atom. The first-order valence-electron chi connectivity index (χ1n) is 8.28. The number of carbonyl (C=O) groups excluding carboxylic acids is 1. The van der Waals surface area contributed by atoms with E-state index in [9.17, 15) is 4.79 Å². The lowest BCUT2D eigenvalue weighted by molar-refractivity contribution is 0.0600. The first kappa shape index (κ1) is 17.9. The number of carbonyl (C=O) groups is 1. The Labute approximate surface area is 164 Å². The molecule has 0 aliphatic carbocycles. The van der Waals surface area contributed by atoms with E-state index in [4.69, 9.17) is 20.9 Å². The zero-order valence-corrected chi connectivity index (χ0v) is 15.7. The summed E-state index contributed by atoms with van der Waals surface area (Å²) in [6.07, 6.45) is 0. The fourth-order valence-corrected chi connectivity index (χ4v) is 2.79. The van der Waals surface area contributed by atoms with E-state index in [1.54, 1.807) is 41.1 Å². The third kappa shape index (κ3) is 3.25. The smallest absolute Gasteiger partial charge is 0.337 e. The molecule has 0 amide bonds. The van der Waals surface area contributed by atoms with E-state index < -0.39 is 5.97 Å². The summed E-state index contributed by atoms with van der Waals surface area (Å²) < 4.78 is 11.7. The van der Waals surface area contributed by atoms with Crippen LogP contribution in [-0.4, -0.2) is 38.2 Å². The molecule has 2 aromatic heterocycles. The molecule has 0 unspecified atom stereocenters. The molecule has 4 rings (SSSR count). The molecule has 8 nitrogen and oxygen atoms in total. The fraction of sp³-hybridized carbons (Fsp3) is 0.105. The van der Waals surface area contributed by atoms with Gasteiger partial charge in [0.05, 0.1) is 24.1 Å². The zero-order valence-electron chi connectivity index (χ0n) is 15.0. The molecule has 28 heavy (non-hydrogen) atoms. The molecule has 2 aromatic carbocycles. The molecule has 0 N–H and O–H groups in total. The monoisotopic (exact) mass is 395 g/mol. The van der Waals surface area contributed by atoms with Gasteiger partial charge in [-0.1, -0.05) is 22.0 Å². The first-order valence-corrected chi connectivity index (χ1v) is 8.65. The summed E-state index contributed by atoms with van der Waals surface area (Å²) in [6, 6.07) is 14.0. The van der Waals surface area contributed by atoms with Crippen LogP contribution in [0.2, 0.25) is 5.02 Å². The summed E-state index contributed by atoms with van der Waals surface area (Å²) in [5.41, 5.74) is 3.17. The summed E-state index contributed by atoms with van der Waals surface area (Å²) >= 11 is 5.91. The van der Waals surface area contributed by atoms with Crippen molar-refractivity contribution in [3.63, 3.8) is 0 Å². The largest absolute Gasteiger partial charge is 0.465 e. The van der Waals surface area contributed by atoms with Crippen molar-refractivity contribution in [2.45, 2.75) is 6.92 Å². The van der Waals surface area contributed by atoms with Gasteiger partial charge in [-0.15, -0.1) is 5.10 Å². The third-order valence-electron chi connectivity index (χ3n) is 4.16. The van der Waals surface area contributed by atoms with Gasteiger partial charge in [-0.3, -0.25) is 0 Å². The van der Waals surface area contributed by atoms with Gasteiger partial charge in [0.2, 0.25) is 5.82 Å². The molecule has 0 aliphatic heterocycles. The SMILES string of the molecule is COC(=O)c1ccc(-n2nnc(-c3nc(-c4ccc(Cl)cc4)no3)c2C)cc1. The molecule has 2 heterocycles. The average Bonchev–Trinajstić information content (AvgIpc) is 3.35. The van der Waals surface area contributed by atoms with Crippen LogP contribution in [0.3, 0.4) is 0 Å². The second-order valence-electron chi connectivity index (χ2n) is 5.90. The topological polar surface area (TPSA) is 95.9 Å². The number of ether oxygens (including phenoxy) is 1. The van der Waals surface area contributed by atoms with Crippen molar-refractivity contribution in [3.8, 4) is 28.7 Å². The number of halogens is 1. The highest BCUT2D eigenvalue weighted by atomic mass is 35.5. The molecule has 0 radical (unpaired) electrons. The van der Waals surface area contributed by atoms with Crippen molar-refractivity contribution in [3.05, 3.63) is 64.8 Å².